The summed E-state index contributed by atoms with van der Waals surface area (Å²) in [5.41, 5.74) is 0.421. The summed E-state index contributed by atoms with van der Waals surface area (Å²) in [6, 6.07) is 5.74. The van der Waals surface area contributed by atoms with E-state index in [0.29, 0.717) is 25.2 Å². The highest BCUT2D eigenvalue weighted by Gasteiger charge is 2.28. The van der Waals surface area contributed by atoms with Crippen LogP contribution in [0.1, 0.15) is 12.8 Å². The summed E-state index contributed by atoms with van der Waals surface area (Å²) < 4.78 is 17.7. The molecule has 1 N–H and O–H groups in total. The Labute approximate surface area is 116 Å². The van der Waals surface area contributed by atoms with Crippen LogP contribution in [-0.4, -0.2) is 37.1 Å². The second-order valence-corrected chi connectivity index (χ2v) is 4.75. The molecular weight excluding hydrogens is 263 g/mol. The Bertz CT molecular complexity index is 507. The van der Waals surface area contributed by atoms with Crippen LogP contribution in [0.25, 0.3) is 0 Å². The van der Waals surface area contributed by atoms with Crippen molar-refractivity contribution in [1.82, 2.24) is 4.90 Å². The van der Waals surface area contributed by atoms with Crippen LogP contribution in [0.3, 0.4) is 0 Å². The summed E-state index contributed by atoms with van der Waals surface area (Å²) in [5, 5.41) is 2.67. The number of piperidine rings is 1. The van der Waals surface area contributed by atoms with Crippen LogP contribution in [0, 0.1) is 11.7 Å². The minimum Gasteiger partial charge on any atom is -0.453 e. The van der Waals surface area contributed by atoms with Gasteiger partial charge in [-0.1, -0.05) is 6.07 Å². The number of hydrogen-bond donors (Lipinski definition) is 1. The number of halogens is 1. The zero-order valence-corrected chi connectivity index (χ0v) is 11.3. The van der Waals surface area contributed by atoms with E-state index in [4.69, 9.17) is 0 Å². The smallest absolute Gasteiger partial charge is 0.409 e. The van der Waals surface area contributed by atoms with E-state index in [1.54, 1.807) is 6.07 Å². The molecule has 1 atom stereocenters. The molecule has 0 aliphatic carbocycles. The molecule has 0 spiro atoms. The van der Waals surface area contributed by atoms with Gasteiger partial charge < -0.3 is 15.0 Å². The Morgan fingerprint density at radius 1 is 1.45 bits per heavy atom. The third kappa shape index (κ3) is 3.46. The number of nitrogens with zero attached hydrogens (tertiary/aromatic N) is 1. The Morgan fingerprint density at radius 3 is 2.95 bits per heavy atom. The number of methoxy groups -OCH3 is 1. The monoisotopic (exact) mass is 280 g/mol. The lowest BCUT2D eigenvalue weighted by Crippen LogP contribution is -2.43. The van der Waals surface area contributed by atoms with Crippen LogP contribution < -0.4 is 5.32 Å². The molecule has 1 fully saturated rings. The van der Waals surface area contributed by atoms with Crippen LogP contribution >= 0.6 is 0 Å². The van der Waals surface area contributed by atoms with Crippen molar-refractivity contribution in [3.05, 3.63) is 30.1 Å². The summed E-state index contributed by atoms with van der Waals surface area (Å²) >= 11 is 0. The molecule has 1 aliphatic rings. The van der Waals surface area contributed by atoms with Crippen LogP contribution in [-0.2, 0) is 9.53 Å². The summed E-state index contributed by atoms with van der Waals surface area (Å²) in [6.45, 7) is 0.921. The van der Waals surface area contributed by atoms with E-state index in [2.05, 4.69) is 10.1 Å². The fraction of sp³-hybridized carbons (Fsp3) is 0.429. The van der Waals surface area contributed by atoms with Crippen LogP contribution in [0.5, 0.6) is 0 Å². The van der Waals surface area contributed by atoms with Gasteiger partial charge in [-0.25, -0.2) is 9.18 Å². The number of nitrogens with one attached hydrogen (secondary N) is 1. The summed E-state index contributed by atoms with van der Waals surface area (Å²) in [6.07, 6.45) is 1.03. The maximum absolute atomic E-state index is 13.1. The Hall–Kier alpha value is -2.11. The van der Waals surface area contributed by atoms with Gasteiger partial charge in [-0.05, 0) is 31.0 Å². The quantitative estimate of drug-likeness (QED) is 0.904. The molecule has 0 radical (unpaired) electrons. The molecule has 108 valence electrons. The van der Waals surface area contributed by atoms with E-state index in [1.165, 1.54) is 30.2 Å². The first kappa shape index (κ1) is 14.3. The van der Waals surface area contributed by atoms with Crippen molar-refractivity contribution < 1.29 is 18.7 Å². The van der Waals surface area contributed by atoms with Crippen LogP contribution in [0.15, 0.2) is 24.3 Å². The molecule has 6 heteroatoms. The van der Waals surface area contributed by atoms with Gasteiger partial charge in [-0.15, -0.1) is 0 Å². The predicted octanol–water partition coefficient (Wildman–Crippen LogP) is 2.24. The molecule has 0 saturated carbocycles. The number of benzene rings is 1. The van der Waals surface area contributed by atoms with Crippen molar-refractivity contribution >= 4 is 17.7 Å². The molecule has 0 bridgehead atoms. The van der Waals surface area contributed by atoms with E-state index >= 15 is 0 Å². The first-order valence-electron chi connectivity index (χ1n) is 6.49. The first-order chi connectivity index (χ1) is 9.60. The molecule has 1 heterocycles. The number of hydrogen-bond acceptors (Lipinski definition) is 3. The van der Waals surface area contributed by atoms with E-state index in [9.17, 15) is 14.0 Å². The average Bonchev–Trinajstić information content (AvgIpc) is 2.46. The minimum absolute atomic E-state index is 0.204. The molecular formula is C14H17FN2O3. The lowest BCUT2D eigenvalue weighted by atomic mass is 9.97. The maximum atomic E-state index is 13.1. The number of amides is 2. The minimum atomic E-state index is -0.423. The molecule has 1 unspecified atom stereocenters. The van der Waals surface area contributed by atoms with Gasteiger partial charge in [0, 0.05) is 18.8 Å². The number of carbonyl (C=O) groups excluding carboxylic acids is 2. The van der Waals surface area contributed by atoms with Crippen LogP contribution in [0.2, 0.25) is 0 Å². The molecule has 1 aromatic carbocycles. The Morgan fingerprint density at radius 2 is 2.25 bits per heavy atom. The third-order valence-corrected chi connectivity index (χ3v) is 3.32. The van der Waals surface area contributed by atoms with E-state index in [-0.39, 0.29) is 11.8 Å². The third-order valence-electron chi connectivity index (χ3n) is 3.32. The Kier molecular flexibility index (Phi) is 4.55. The Balaban J connectivity index is 1.97. The highest BCUT2D eigenvalue weighted by Crippen LogP contribution is 2.19. The SMILES string of the molecule is COC(=O)N1CCCC(C(=O)Nc2cccc(F)c2)C1. The molecule has 2 amide bonds. The van der Waals surface area contributed by atoms with Crippen molar-refractivity contribution in [2.45, 2.75) is 12.8 Å². The fourth-order valence-corrected chi connectivity index (χ4v) is 2.30. The van der Waals surface area contributed by atoms with Crippen molar-refractivity contribution in [3.63, 3.8) is 0 Å². The fourth-order valence-electron chi connectivity index (χ4n) is 2.30. The number of ether oxygens (including phenoxy) is 1. The molecule has 20 heavy (non-hydrogen) atoms. The molecule has 1 aliphatic heterocycles. The average molecular weight is 280 g/mol. The van der Waals surface area contributed by atoms with Gasteiger partial charge >= 0.3 is 6.09 Å². The number of carbonyl (C=O) groups is 2. The summed E-state index contributed by atoms with van der Waals surface area (Å²) in [4.78, 5) is 25.1. The van der Waals surface area contributed by atoms with Gasteiger partial charge in [0.1, 0.15) is 5.82 Å². The van der Waals surface area contributed by atoms with Gasteiger partial charge in [-0.2, -0.15) is 0 Å². The zero-order valence-electron chi connectivity index (χ0n) is 11.3. The topological polar surface area (TPSA) is 58.6 Å². The molecule has 1 aromatic rings. The second-order valence-electron chi connectivity index (χ2n) is 4.75. The molecule has 1 saturated heterocycles. The first-order valence-corrected chi connectivity index (χ1v) is 6.49. The van der Waals surface area contributed by atoms with Crippen molar-refractivity contribution in [3.8, 4) is 0 Å². The number of rotatable bonds is 2. The molecule has 2 rings (SSSR count). The van der Waals surface area contributed by atoms with Gasteiger partial charge in [0.15, 0.2) is 0 Å². The summed E-state index contributed by atoms with van der Waals surface area (Å²) in [7, 11) is 1.32. The van der Waals surface area contributed by atoms with Crippen molar-refractivity contribution in [2.24, 2.45) is 5.92 Å². The van der Waals surface area contributed by atoms with E-state index in [1.807, 2.05) is 0 Å². The van der Waals surface area contributed by atoms with Gasteiger partial charge in [0.25, 0.3) is 0 Å². The van der Waals surface area contributed by atoms with Gasteiger partial charge in [0.05, 0.1) is 13.0 Å². The zero-order chi connectivity index (χ0) is 14.5. The lowest BCUT2D eigenvalue weighted by Gasteiger charge is -2.30. The van der Waals surface area contributed by atoms with Gasteiger partial charge in [-0.3, -0.25) is 4.79 Å². The normalized spacial score (nSPS) is 18.5. The lowest BCUT2D eigenvalue weighted by molar-refractivity contribution is -0.121. The molecule has 5 nitrogen and oxygen atoms in total. The maximum Gasteiger partial charge on any atom is 0.409 e. The van der Waals surface area contributed by atoms with Crippen LogP contribution in [0.4, 0.5) is 14.9 Å². The van der Waals surface area contributed by atoms with E-state index in [0.717, 1.165) is 6.42 Å². The second kappa shape index (κ2) is 6.36. The highest BCUT2D eigenvalue weighted by molar-refractivity contribution is 5.93. The standard InChI is InChI=1S/C14H17FN2O3/c1-20-14(19)17-7-3-4-10(9-17)13(18)16-12-6-2-5-11(15)8-12/h2,5-6,8,10H,3-4,7,9H2,1H3,(H,16,18). The number of anilines is 1. The molecule has 0 aromatic heterocycles. The number of likely N-dealkylation sites (tertiary alicyclic amines) is 1. The highest BCUT2D eigenvalue weighted by atomic mass is 19.1. The predicted molar refractivity (Wildman–Crippen MR) is 71.7 cm³/mol. The summed E-state index contributed by atoms with van der Waals surface area (Å²) in [5.74, 6) is -0.905. The van der Waals surface area contributed by atoms with Crippen molar-refractivity contribution in [1.29, 1.82) is 0 Å². The van der Waals surface area contributed by atoms with E-state index < -0.39 is 11.9 Å². The largest absolute Gasteiger partial charge is 0.453 e. The van der Waals surface area contributed by atoms with Crippen molar-refractivity contribution in [2.75, 3.05) is 25.5 Å². The van der Waals surface area contributed by atoms with Gasteiger partial charge in [0.2, 0.25) is 5.91 Å².